The number of carbonyl (C=O) groups excluding carboxylic acids is 1. The summed E-state index contributed by atoms with van der Waals surface area (Å²) in [5, 5.41) is 3.73. The van der Waals surface area contributed by atoms with Gasteiger partial charge in [-0.25, -0.2) is 0 Å². The first-order chi connectivity index (χ1) is 9.25. The molecule has 0 aromatic carbocycles. The van der Waals surface area contributed by atoms with Crippen molar-refractivity contribution in [2.24, 2.45) is 0 Å². The van der Waals surface area contributed by atoms with Gasteiger partial charge in [-0.1, -0.05) is 5.16 Å². The Morgan fingerprint density at radius 3 is 3.11 bits per heavy atom. The number of ether oxygens (including phenoxy) is 1. The highest BCUT2D eigenvalue weighted by Gasteiger charge is 2.30. The van der Waals surface area contributed by atoms with Crippen LogP contribution in [-0.2, 0) is 4.74 Å². The molecule has 3 rings (SSSR count). The average molecular weight is 328 g/mol. The topological polar surface area (TPSA) is 81.6 Å². The van der Waals surface area contributed by atoms with E-state index in [2.05, 4.69) is 30.6 Å². The number of aromatic nitrogens is 2. The lowest BCUT2D eigenvalue weighted by molar-refractivity contribution is -0.0285. The third kappa shape index (κ3) is 2.41. The molecule has 8 heteroatoms. The van der Waals surface area contributed by atoms with Crippen LogP contribution >= 0.6 is 15.9 Å². The first-order valence-corrected chi connectivity index (χ1v) is 6.45. The molecule has 1 amide bonds. The van der Waals surface area contributed by atoms with Crippen LogP contribution in [-0.4, -0.2) is 40.6 Å². The Hall–Kier alpha value is -1.67. The molecule has 2 aromatic rings. The van der Waals surface area contributed by atoms with Crippen molar-refractivity contribution in [1.29, 1.82) is 0 Å². The highest BCUT2D eigenvalue weighted by atomic mass is 79.9. The SMILES string of the molecule is O=C(c1occc1Br)N1CCOC(c2ncon2)C1. The van der Waals surface area contributed by atoms with E-state index in [0.717, 1.165) is 0 Å². The second kappa shape index (κ2) is 5.14. The van der Waals surface area contributed by atoms with E-state index in [1.807, 2.05) is 0 Å². The van der Waals surface area contributed by atoms with Gasteiger partial charge in [-0.15, -0.1) is 0 Å². The molecule has 0 saturated carbocycles. The zero-order valence-corrected chi connectivity index (χ0v) is 11.4. The molecule has 1 fully saturated rings. The van der Waals surface area contributed by atoms with Crippen LogP contribution in [0.2, 0.25) is 0 Å². The van der Waals surface area contributed by atoms with Crippen LogP contribution < -0.4 is 0 Å². The van der Waals surface area contributed by atoms with Crippen LogP contribution in [0.3, 0.4) is 0 Å². The number of nitrogens with zero attached hydrogens (tertiary/aromatic N) is 3. The summed E-state index contributed by atoms with van der Waals surface area (Å²) in [7, 11) is 0. The molecular formula is C11H10BrN3O4. The Labute approximate surface area is 116 Å². The normalized spacial score (nSPS) is 19.6. The first-order valence-electron chi connectivity index (χ1n) is 5.66. The molecule has 1 saturated heterocycles. The van der Waals surface area contributed by atoms with E-state index in [1.165, 1.54) is 12.7 Å². The molecule has 19 heavy (non-hydrogen) atoms. The van der Waals surface area contributed by atoms with E-state index in [1.54, 1.807) is 11.0 Å². The lowest BCUT2D eigenvalue weighted by Gasteiger charge is -2.30. The number of hydrogen-bond acceptors (Lipinski definition) is 6. The molecule has 100 valence electrons. The number of furan rings is 1. The quantitative estimate of drug-likeness (QED) is 0.834. The number of morpholine rings is 1. The van der Waals surface area contributed by atoms with Gasteiger partial charge in [0.25, 0.3) is 5.91 Å². The van der Waals surface area contributed by atoms with E-state index in [0.29, 0.717) is 30.0 Å². The van der Waals surface area contributed by atoms with Crippen LogP contribution in [0.25, 0.3) is 0 Å². The molecule has 1 unspecified atom stereocenters. The Morgan fingerprint density at radius 1 is 1.53 bits per heavy atom. The standard InChI is InChI=1S/C11H10BrN3O4/c12-7-1-3-18-9(7)11(16)15-2-4-17-8(5-15)10-13-6-19-14-10/h1,3,6,8H,2,4-5H2. The van der Waals surface area contributed by atoms with E-state index < -0.39 is 0 Å². The molecule has 7 nitrogen and oxygen atoms in total. The monoisotopic (exact) mass is 327 g/mol. The van der Waals surface area contributed by atoms with Gasteiger partial charge in [0, 0.05) is 6.54 Å². The van der Waals surface area contributed by atoms with Crippen LogP contribution in [0.5, 0.6) is 0 Å². The molecule has 0 aliphatic carbocycles. The lowest BCUT2D eigenvalue weighted by atomic mass is 10.2. The van der Waals surface area contributed by atoms with Crippen molar-refractivity contribution in [3.8, 4) is 0 Å². The Bertz CT molecular complexity index is 568. The zero-order valence-electron chi connectivity index (χ0n) is 9.78. The van der Waals surface area contributed by atoms with Gasteiger partial charge in [0.15, 0.2) is 0 Å². The summed E-state index contributed by atoms with van der Waals surface area (Å²) < 4.78 is 16.0. The van der Waals surface area contributed by atoms with Gasteiger partial charge >= 0.3 is 0 Å². The zero-order chi connectivity index (χ0) is 13.2. The van der Waals surface area contributed by atoms with Gasteiger partial charge in [0.05, 0.1) is 23.9 Å². The highest BCUT2D eigenvalue weighted by Crippen LogP contribution is 2.24. The number of amides is 1. The molecular weight excluding hydrogens is 318 g/mol. The van der Waals surface area contributed by atoms with Crippen LogP contribution in [0.1, 0.15) is 22.5 Å². The van der Waals surface area contributed by atoms with E-state index >= 15 is 0 Å². The van der Waals surface area contributed by atoms with Crippen molar-refractivity contribution in [3.05, 3.63) is 34.8 Å². The van der Waals surface area contributed by atoms with Gasteiger partial charge in [-0.05, 0) is 22.0 Å². The lowest BCUT2D eigenvalue weighted by Crippen LogP contribution is -2.42. The van der Waals surface area contributed by atoms with Crippen molar-refractivity contribution in [3.63, 3.8) is 0 Å². The number of carbonyl (C=O) groups is 1. The minimum absolute atomic E-state index is 0.186. The fourth-order valence-electron chi connectivity index (χ4n) is 1.90. The van der Waals surface area contributed by atoms with Crippen LogP contribution in [0, 0.1) is 0 Å². The van der Waals surface area contributed by atoms with Crippen molar-refractivity contribution >= 4 is 21.8 Å². The minimum atomic E-state index is -0.370. The molecule has 1 aliphatic heterocycles. The summed E-state index contributed by atoms with van der Waals surface area (Å²) in [5.41, 5.74) is 0. The maximum Gasteiger partial charge on any atom is 0.290 e. The summed E-state index contributed by atoms with van der Waals surface area (Å²) in [6, 6.07) is 1.68. The number of halogens is 1. The van der Waals surface area contributed by atoms with Crippen molar-refractivity contribution in [2.45, 2.75) is 6.10 Å². The summed E-state index contributed by atoms with van der Waals surface area (Å²) in [6.07, 6.45) is 2.34. The van der Waals surface area contributed by atoms with E-state index in [4.69, 9.17) is 9.15 Å². The maximum atomic E-state index is 12.3. The minimum Gasteiger partial charge on any atom is -0.458 e. The third-order valence-corrected chi connectivity index (χ3v) is 3.46. The predicted molar refractivity (Wildman–Crippen MR) is 65.3 cm³/mol. The van der Waals surface area contributed by atoms with Gasteiger partial charge in [-0.2, -0.15) is 4.98 Å². The largest absolute Gasteiger partial charge is 0.458 e. The molecule has 0 radical (unpaired) electrons. The van der Waals surface area contributed by atoms with Gasteiger partial charge < -0.3 is 18.6 Å². The third-order valence-electron chi connectivity index (χ3n) is 2.83. The maximum absolute atomic E-state index is 12.3. The van der Waals surface area contributed by atoms with Crippen molar-refractivity contribution in [2.75, 3.05) is 19.7 Å². The molecule has 0 spiro atoms. The van der Waals surface area contributed by atoms with E-state index in [-0.39, 0.29) is 17.8 Å². The van der Waals surface area contributed by atoms with Gasteiger partial charge in [0.1, 0.15) is 6.10 Å². The van der Waals surface area contributed by atoms with Crippen molar-refractivity contribution in [1.82, 2.24) is 15.0 Å². The average Bonchev–Trinajstić information content (AvgIpc) is 3.09. The summed E-state index contributed by atoms with van der Waals surface area (Å²) in [4.78, 5) is 17.9. The first kappa shape index (κ1) is 12.4. The molecule has 2 aromatic heterocycles. The molecule has 0 N–H and O–H groups in total. The Morgan fingerprint density at radius 2 is 2.42 bits per heavy atom. The number of rotatable bonds is 2. The van der Waals surface area contributed by atoms with E-state index in [9.17, 15) is 4.79 Å². The predicted octanol–water partition coefficient (Wildman–Crippen LogP) is 1.64. The number of hydrogen-bond donors (Lipinski definition) is 0. The molecule has 3 heterocycles. The van der Waals surface area contributed by atoms with Gasteiger partial charge in [0.2, 0.25) is 18.0 Å². The summed E-state index contributed by atoms with van der Waals surface area (Å²) in [5.74, 6) is 0.540. The summed E-state index contributed by atoms with van der Waals surface area (Å²) >= 11 is 3.28. The van der Waals surface area contributed by atoms with Crippen LogP contribution in [0.15, 0.2) is 32.1 Å². The Kier molecular flexibility index (Phi) is 3.34. The van der Waals surface area contributed by atoms with Crippen LogP contribution in [0.4, 0.5) is 0 Å². The molecule has 0 bridgehead atoms. The molecule has 1 aliphatic rings. The second-order valence-corrected chi connectivity index (χ2v) is 4.85. The van der Waals surface area contributed by atoms with Crippen molar-refractivity contribution < 1.29 is 18.5 Å². The smallest absolute Gasteiger partial charge is 0.290 e. The molecule has 1 atom stereocenters. The summed E-state index contributed by atoms with van der Waals surface area (Å²) in [6.45, 7) is 1.29. The fourth-order valence-corrected chi connectivity index (χ4v) is 2.27. The Balaban J connectivity index is 1.75. The fraction of sp³-hybridized carbons (Fsp3) is 0.364. The second-order valence-electron chi connectivity index (χ2n) is 4.00. The van der Waals surface area contributed by atoms with Gasteiger partial charge in [-0.3, -0.25) is 4.79 Å². The highest BCUT2D eigenvalue weighted by molar-refractivity contribution is 9.10.